The van der Waals surface area contributed by atoms with E-state index < -0.39 is 0 Å². The topological polar surface area (TPSA) is 56.5 Å². The van der Waals surface area contributed by atoms with Crippen molar-refractivity contribution in [1.29, 1.82) is 0 Å². The van der Waals surface area contributed by atoms with E-state index in [-0.39, 0.29) is 11.5 Å². The van der Waals surface area contributed by atoms with E-state index in [0.717, 1.165) is 31.3 Å². The van der Waals surface area contributed by atoms with Crippen LogP contribution in [0.3, 0.4) is 0 Å². The van der Waals surface area contributed by atoms with Crippen molar-refractivity contribution in [3.05, 3.63) is 102 Å². The fraction of sp³-hybridized carbons (Fsp3) is 0.222. The van der Waals surface area contributed by atoms with Crippen molar-refractivity contribution < 1.29 is 4.74 Å². The van der Waals surface area contributed by atoms with Gasteiger partial charge in [-0.25, -0.2) is 4.98 Å². The number of hydrogen-bond donors (Lipinski definition) is 0. The Bertz CT molecular complexity index is 1430. The van der Waals surface area contributed by atoms with E-state index >= 15 is 0 Å². The van der Waals surface area contributed by atoms with Crippen LogP contribution in [0.2, 0.25) is 0 Å². The fourth-order valence-corrected chi connectivity index (χ4v) is 4.64. The van der Waals surface area contributed by atoms with Gasteiger partial charge in [0.05, 0.1) is 20.7 Å². The minimum absolute atomic E-state index is 0.0930. The Morgan fingerprint density at radius 2 is 2.00 bits per heavy atom. The van der Waals surface area contributed by atoms with Gasteiger partial charge >= 0.3 is 0 Å². The molecule has 3 aromatic carbocycles. The molecular formula is C27H25BrIN3O2. The molecule has 1 aromatic heterocycles. The molecule has 4 aromatic rings. The van der Waals surface area contributed by atoms with Crippen molar-refractivity contribution >= 4 is 55.6 Å². The third kappa shape index (κ3) is 5.58. The summed E-state index contributed by atoms with van der Waals surface area (Å²) in [7, 11) is 0. The number of ether oxygens (including phenoxy) is 1. The molecule has 0 aliphatic rings. The molecule has 174 valence electrons. The second kappa shape index (κ2) is 10.8. The molecule has 1 atom stereocenters. The van der Waals surface area contributed by atoms with Crippen molar-refractivity contribution in [2.24, 2.45) is 5.10 Å². The zero-order chi connectivity index (χ0) is 24.2. The van der Waals surface area contributed by atoms with E-state index in [1.165, 1.54) is 10.2 Å². The summed E-state index contributed by atoms with van der Waals surface area (Å²) in [5, 5.41) is 5.09. The van der Waals surface area contributed by atoms with Gasteiger partial charge in [0.25, 0.3) is 5.56 Å². The standard InChI is InChI=1S/C27H25BrIN3O2/c1-4-18(3)26-31-24-10-9-21(28)14-22(24)27(33)32(26)30-15-19-8-11-25(23(29)13-19)34-16-20-7-5-6-17(2)12-20/h5-15,18H,4,16H2,1-3H3/t18-/m1/s1. The van der Waals surface area contributed by atoms with Crippen LogP contribution >= 0.6 is 38.5 Å². The second-order valence-electron chi connectivity index (χ2n) is 8.27. The van der Waals surface area contributed by atoms with Crippen molar-refractivity contribution in [1.82, 2.24) is 9.66 Å². The lowest BCUT2D eigenvalue weighted by Crippen LogP contribution is -2.23. The number of aromatic nitrogens is 2. The summed E-state index contributed by atoms with van der Waals surface area (Å²) in [4.78, 5) is 18.0. The normalized spacial score (nSPS) is 12.4. The van der Waals surface area contributed by atoms with Gasteiger partial charge in [-0.3, -0.25) is 4.79 Å². The first kappa shape index (κ1) is 24.6. The molecular weight excluding hydrogens is 605 g/mol. The smallest absolute Gasteiger partial charge is 0.282 e. The SMILES string of the molecule is CC[C@@H](C)c1nc2ccc(Br)cc2c(=O)n1N=Cc1ccc(OCc2cccc(C)c2)c(I)c1. The first-order valence-electron chi connectivity index (χ1n) is 11.1. The third-order valence-electron chi connectivity index (χ3n) is 5.64. The van der Waals surface area contributed by atoms with Gasteiger partial charge in [0, 0.05) is 10.4 Å². The van der Waals surface area contributed by atoms with Crippen LogP contribution in [-0.4, -0.2) is 15.9 Å². The first-order valence-corrected chi connectivity index (χ1v) is 13.0. The number of hydrogen-bond acceptors (Lipinski definition) is 4. The molecule has 0 aliphatic heterocycles. The molecule has 0 amide bonds. The van der Waals surface area contributed by atoms with Gasteiger partial charge in [-0.2, -0.15) is 9.78 Å². The van der Waals surface area contributed by atoms with E-state index in [4.69, 9.17) is 9.72 Å². The zero-order valence-electron chi connectivity index (χ0n) is 19.3. The molecule has 0 spiro atoms. The maximum absolute atomic E-state index is 13.3. The largest absolute Gasteiger partial charge is 0.488 e. The maximum atomic E-state index is 13.3. The minimum atomic E-state index is -0.175. The summed E-state index contributed by atoms with van der Waals surface area (Å²) in [6.45, 7) is 6.72. The number of fused-ring (bicyclic) bond motifs is 1. The Morgan fingerprint density at radius 1 is 1.18 bits per heavy atom. The van der Waals surface area contributed by atoms with Gasteiger partial charge in [-0.1, -0.05) is 59.6 Å². The van der Waals surface area contributed by atoms with Crippen molar-refractivity contribution in [3.63, 3.8) is 0 Å². The Hall–Kier alpha value is -2.52. The number of nitrogens with zero attached hydrogens (tertiary/aromatic N) is 3. The number of halogens is 2. The Balaban J connectivity index is 1.62. The van der Waals surface area contributed by atoms with E-state index in [2.05, 4.69) is 82.6 Å². The van der Waals surface area contributed by atoms with Crippen LogP contribution in [0.15, 0.2) is 75.0 Å². The highest BCUT2D eigenvalue weighted by atomic mass is 127. The van der Waals surface area contributed by atoms with Gasteiger partial charge < -0.3 is 4.74 Å². The van der Waals surface area contributed by atoms with Gasteiger partial charge in [0.1, 0.15) is 18.2 Å². The highest BCUT2D eigenvalue weighted by Gasteiger charge is 2.15. The van der Waals surface area contributed by atoms with Crippen LogP contribution < -0.4 is 10.3 Å². The molecule has 0 fully saturated rings. The summed E-state index contributed by atoms with van der Waals surface area (Å²) in [6, 6.07) is 19.7. The summed E-state index contributed by atoms with van der Waals surface area (Å²) in [5.41, 5.74) is 3.73. The van der Waals surface area contributed by atoms with E-state index in [0.29, 0.717) is 23.3 Å². The summed E-state index contributed by atoms with van der Waals surface area (Å²) in [6.07, 6.45) is 2.56. The van der Waals surface area contributed by atoms with Crippen LogP contribution in [0.5, 0.6) is 5.75 Å². The molecule has 0 unspecified atom stereocenters. The molecule has 0 aliphatic carbocycles. The predicted molar refractivity (Wildman–Crippen MR) is 150 cm³/mol. The lowest BCUT2D eigenvalue weighted by Gasteiger charge is -2.14. The van der Waals surface area contributed by atoms with Crippen molar-refractivity contribution in [3.8, 4) is 5.75 Å². The lowest BCUT2D eigenvalue weighted by molar-refractivity contribution is 0.304. The predicted octanol–water partition coefficient (Wildman–Crippen LogP) is 7.05. The summed E-state index contributed by atoms with van der Waals surface area (Å²) in [5.74, 6) is 1.57. The average Bonchev–Trinajstić information content (AvgIpc) is 2.82. The maximum Gasteiger partial charge on any atom is 0.282 e. The van der Waals surface area contributed by atoms with E-state index in [9.17, 15) is 4.79 Å². The molecule has 1 heterocycles. The van der Waals surface area contributed by atoms with Crippen LogP contribution in [0.4, 0.5) is 0 Å². The van der Waals surface area contributed by atoms with Gasteiger partial charge in [0.15, 0.2) is 0 Å². The van der Waals surface area contributed by atoms with E-state index in [1.54, 1.807) is 12.3 Å². The zero-order valence-corrected chi connectivity index (χ0v) is 23.0. The molecule has 0 bridgehead atoms. The van der Waals surface area contributed by atoms with Crippen LogP contribution in [-0.2, 0) is 6.61 Å². The minimum Gasteiger partial charge on any atom is -0.488 e. The number of benzene rings is 3. The van der Waals surface area contributed by atoms with Crippen molar-refractivity contribution in [2.45, 2.75) is 39.7 Å². The third-order valence-corrected chi connectivity index (χ3v) is 6.98. The Kier molecular flexibility index (Phi) is 7.83. The molecule has 5 nitrogen and oxygen atoms in total. The molecule has 0 saturated heterocycles. The van der Waals surface area contributed by atoms with E-state index in [1.807, 2.05) is 36.4 Å². The van der Waals surface area contributed by atoms with Crippen molar-refractivity contribution in [2.75, 3.05) is 0 Å². The van der Waals surface area contributed by atoms with Gasteiger partial charge in [0.2, 0.25) is 0 Å². The second-order valence-corrected chi connectivity index (χ2v) is 10.3. The summed E-state index contributed by atoms with van der Waals surface area (Å²) < 4.78 is 9.26. The quantitative estimate of drug-likeness (QED) is 0.163. The first-order chi connectivity index (χ1) is 16.4. The van der Waals surface area contributed by atoms with Gasteiger partial charge in [-0.05, 0) is 83.5 Å². The number of rotatable bonds is 7. The Labute approximate surface area is 221 Å². The molecule has 34 heavy (non-hydrogen) atoms. The molecule has 0 radical (unpaired) electrons. The highest BCUT2D eigenvalue weighted by molar-refractivity contribution is 14.1. The monoisotopic (exact) mass is 629 g/mol. The fourth-order valence-electron chi connectivity index (χ4n) is 3.58. The molecule has 7 heteroatoms. The molecule has 0 N–H and O–H groups in total. The lowest BCUT2D eigenvalue weighted by atomic mass is 10.1. The summed E-state index contributed by atoms with van der Waals surface area (Å²) >= 11 is 5.71. The van der Waals surface area contributed by atoms with Crippen LogP contribution in [0.25, 0.3) is 10.9 Å². The molecule has 4 rings (SSSR count). The average molecular weight is 630 g/mol. The Morgan fingerprint density at radius 3 is 2.74 bits per heavy atom. The van der Waals surface area contributed by atoms with Crippen LogP contribution in [0, 0.1) is 10.5 Å². The highest BCUT2D eigenvalue weighted by Crippen LogP contribution is 2.24. The number of aryl methyl sites for hydroxylation is 1. The van der Waals surface area contributed by atoms with Gasteiger partial charge in [-0.15, -0.1) is 0 Å². The van der Waals surface area contributed by atoms with Crippen LogP contribution in [0.1, 0.15) is 48.7 Å². The molecule has 0 saturated carbocycles.